The zero-order chi connectivity index (χ0) is 14.0. The highest BCUT2D eigenvalue weighted by atomic mass is 32.2. The number of sulfonamides is 1. The lowest BCUT2D eigenvalue weighted by Crippen LogP contribution is -2.51. The Labute approximate surface area is 114 Å². The zero-order valence-corrected chi connectivity index (χ0v) is 12.3. The molecule has 7 heteroatoms. The summed E-state index contributed by atoms with van der Waals surface area (Å²) in [5.41, 5.74) is 5.76. The number of aryl methyl sites for hydroxylation is 1. The molecule has 0 radical (unpaired) electrons. The van der Waals surface area contributed by atoms with Crippen LogP contribution in [0.15, 0.2) is 11.2 Å². The fourth-order valence-electron chi connectivity index (χ4n) is 2.64. The Bertz CT molecular complexity index is 526. The number of H-pyrrole nitrogens is 1. The third-order valence-corrected chi connectivity index (χ3v) is 5.67. The molecule has 108 valence electrons. The maximum Gasteiger partial charge on any atom is 0.260 e. The van der Waals surface area contributed by atoms with Gasteiger partial charge in [0.1, 0.15) is 5.82 Å². The molecule has 2 unspecified atom stereocenters. The summed E-state index contributed by atoms with van der Waals surface area (Å²) in [6.45, 7) is 4.88. The number of aromatic amines is 1. The second-order valence-corrected chi connectivity index (χ2v) is 6.94. The molecule has 1 saturated heterocycles. The molecule has 0 aromatic carbocycles. The van der Waals surface area contributed by atoms with Crippen LogP contribution in [0.5, 0.6) is 0 Å². The molecule has 2 heterocycles. The average molecular weight is 286 g/mol. The number of nitrogens with zero attached hydrogens (tertiary/aromatic N) is 2. The van der Waals surface area contributed by atoms with Gasteiger partial charge in [-0.25, -0.2) is 13.4 Å². The first-order valence-electron chi connectivity index (χ1n) is 6.76. The topological polar surface area (TPSA) is 92.1 Å². The predicted molar refractivity (Wildman–Crippen MR) is 73.1 cm³/mol. The summed E-state index contributed by atoms with van der Waals surface area (Å²) in [6, 6.07) is -0.118. The van der Waals surface area contributed by atoms with E-state index in [-0.39, 0.29) is 11.1 Å². The molecular weight excluding hydrogens is 264 g/mol. The smallest absolute Gasteiger partial charge is 0.260 e. The second-order valence-electron chi connectivity index (χ2n) is 5.09. The van der Waals surface area contributed by atoms with E-state index in [9.17, 15) is 8.42 Å². The van der Waals surface area contributed by atoms with E-state index in [1.165, 1.54) is 10.5 Å². The molecule has 1 aliphatic rings. The lowest BCUT2D eigenvalue weighted by Gasteiger charge is -2.37. The van der Waals surface area contributed by atoms with Crippen LogP contribution in [0.4, 0.5) is 0 Å². The molecule has 3 N–H and O–H groups in total. The van der Waals surface area contributed by atoms with Gasteiger partial charge in [-0.15, -0.1) is 0 Å². The minimum atomic E-state index is -3.51. The summed E-state index contributed by atoms with van der Waals surface area (Å²) in [6.07, 6.45) is 4.00. The highest BCUT2D eigenvalue weighted by molar-refractivity contribution is 7.89. The Balaban J connectivity index is 2.32. The Kier molecular flexibility index (Phi) is 4.27. The third kappa shape index (κ3) is 2.68. The van der Waals surface area contributed by atoms with Gasteiger partial charge in [-0.05, 0) is 18.8 Å². The highest BCUT2D eigenvalue weighted by Gasteiger charge is 2.37. The van der Waals surface area contributed by atoms with Gasteiger partial charge in [0.15, 0.2) is 5.03 Å². The van der Waals surface area contributed by atoms with E-state index in [0.29, 0.717) is 31.3 Å². The van der Waals surface area contributed by atoms with Crippen LogP contribution in [0.2, 0.25) is 0 Å². The molecule has 1 fully saturated rings. The minimum absolute atomic E-state index is 0.118. The van der Waals surface area contributed by atoms with Crippen molar-refractivity contribution in [1.29, 1.82) is 0 Å². The van der Waals surface area contributed by atoms with Crippen molar-refractivity contribution in [2.75, 3.05) is 13.1 Å². The van der Waals surface area contributed by atoms with Crippen LogP contribution in [0, 0.1) is 5.92 Å². The maximum atomic E-state index is 12.6. The van der Waals surface area contributed by atoms with Gasteiger partial charge in [0.2, 0.25) is 0 Å². The van der Waals surface area contributed by atoms with Gasteiger partial charge in [0.25, 0.3) is 10.0 Å². The van der Waals surface area contributed by atoms with Gasteiger partial charge in [0, 0.05) is 25.6 Å². The summed E-state index contributed by atoms with van der Waals surface area (Å²) < 4.78 is 26.8. The Morgan fingerprint density at radius 2 is 2.32 bits per heavy atom. The molecule has 0 saturated carbocycles. The van der Waals surface area contributed by atoms with Gasteiger partial charge in [0.05, 0.1) is 6.20 Å². The van der Waals surface area contributed by atoms with Crippen LogP contribution in [0.25, 0.3) is 0 Å². The SMILES string of the molecule is CCc1ncc(S(=O)(=O)N2CCCC(C)C2CN)[nH]1. The molecule has 19 heavy (non-hydrogen) atoms. The van der Waals surface area contributed by atoms with Crippen molar-refractivity contribution in [2.45, 2.75) is 44.2 Å². The Hall–Kier alpha value is -0.920. The quantitative estimate of drug-likeness (QED) is 0.853. The normalized spacial score (nSPS) is 25.6. The van der Waals surface area contributed by atoms with E-state index < -0.39 is 10.0 Å². The first kappa shape index (κ1) is 14.5. The minimum Gasteiger partial charge on any atom is -0.332 e. The van der Waals surface area contributed by atoms with Crippen LogP contribution in [0.3, 0.4) is 0 Å². The highest BCUT2D eigenvalue weighted by Crippen LogP contribution is 2.27. The number of nitrogens with one attached hydrogen (secondary N) is 1. The lowest BCUT2D eigenvalue weighted by molar-refractivity contribution is 0.192. The van der Waals surface area contributed by atoms with E-state index in [2.05, 4.69) is 16.9 Å². The first-order valence-corrected chi connectivity index (χ1v) is 8.20. The summed E-state index contributed by atoms with van der Waals surface area (Å²) in [5, 5.41) is 0.178. The van der Waals surface area contributed by atoms with E-state index in [0.717, 1.165) is 12.8 Å². The molecular formula is C12H22N4O2S. The van der Waals surface area contributed by atoms with Crippen LogP contribution >= 0.6 is 0 Å². The van der Waals surface area contributed by atoms with Gasteiger partial charge >= 0.3 is 0 Å². The maximum absolute atomic E-state index is 12.6. The molecule has 2 rings (SSSR count). The second kappa shape index (κ2) is 5.60. The summed E-state index contributed by atoms with van der Waals surface area (Å²) in [4.78, 5) is 6.95. The number of hydrogen-bond donors (Lipinski definition) is 2. The lowest BCUT2D eigenvalue weighted by atomic mass is 9.93. The van der Waals surface area contributed by atoms with Crippen molar-refractivity contribution >= 4 is 10.0 Å². The van der Waals surface area contributed by atoms with Gasteiger partial charge in [-0.2, -0.15) is 4.31 Å². The fourth-order valence-corrected chi connectivity index (χ4v) is 4.34. The van der Waals surface area contributed by atoms with Crippen LogP contribution in [0.1, 0.15) is 32.5 Å². The molecule has 1 aliphatic heterocycles. The molecule has 6 nitrogen and oxygen atoms in total. The van der Waals surface area contributed by atoms with E-state index in [1.54, 1.807) is 0 Å². The van der Waals surface area contributed by atoms with E-state index >= 15 is 0 Å². The predicted octanol–water partition coefficient (Wildman–Crippen LogP) is 0.720. The fraction of sp³-hybridized carbons (Fsp3) is 0.750. The zero-order valence-electron chi connectivity index (χ0n) is 11.5. The number of piperidine rings is 1. The van der Waals surface area contributed by atoms with Crippen molar-refractivity contribution in [3.8, 4) is 0 Å². The monoisotopic (exact) mass is 286 g/mol. The van der Waals surface area contributed by atoms with Gasteiger partial charge in [-0.3, -0.25) is 0 Å². The van der Waals surface area contributed by atoms with Crippen LogP contribution in [-0.4, -0.2) is 41.8 Å². The number of hydrogen-bond acceptors (Lipinski definition) is 4. The molecule has 0 spiro atoms. The number of nitrogens with two attached hydrogens (primary N) is 1. The van der Waals surface area contributed by atoms with Crippen molar-refractivity contribution in [1.82, 2.24) is 14.3 Å². The molecule has 1 aromatic rings. The van der Waals surface area contributed by atoms with Gasteiger partial charge < -0.3 is 10.7 Å². The van der Waals surface area contributed by atoms with Crippen LogP contribution < -0.4 is 5.73 Å². The number of rotatable bonds is 4. The molecule has 0 aliphatic carbocycles. The van der Waals surface area contributed by atoms with Crippen molar-refractivity contribution < 1.29 is 8.42 Å². The standard InChI is InChI=1S/C12H22N4O2S/c1-3-11-14-8-12(15-11)19(17,18)16-6-4-5-9(2)10(16)7-13/h8-10H,3-7,13H2,1-2H3,(H,14,15). The molecule has 0 bridgehead atoms. The number of aromatic nitrogens is 2. The van der Waals surface area contributed by atoms with E-state index in [4.69, 9.17) is 5.73 Å². The molecule has 1 aromatic heterocycles. The van der Waals surface area contributed by atoms with Crippen molar-refractivity contribution in [2.24, 2.45) is 11.7 Å². The summed E-state index contributed by atoms with van der Waals surface area (Å²) >= 11 is 0. The van der Waals surface area contributed by atoms with Crippen LogP contribution in [-0.2, 0) is 16.4 Å². The Morgan fingerprint density at radius 3 is 2.89 bits per heavy atom. The largest absolute Gasteiger partial charge is 0.332 e. The Morgan fingerprint density at radius 1 is 1.58 bits per heavy atom. The average Bonchev–Trinajstić information content (AvgIpc) is 2.87. The molecule has 2 atom stereocenters. The molecule has 0 amide bonds. The van der Waals surface area contributed by atoms with Crippen molar-refractivity contribution in [3.63, 3.8) is 0 Å². The summed E-state index contributed by atoms with van der Waals surface area (Å²) in [7, 11) is -3.51. The van der Waals surface area contributed by atoms with E-state index in [1.807, 2.05) is 6.92 Å². The number of imidazole rings is 1. The first-order chi connectivity index (χ1) is 9.00. The summed E-state index contributed by atoms with van der Waals surface area (Å²) in [5.74, 6) is 0.982. The van der Waals surface area contributed by atoms with Gasteiger partial charge in [-0.1, -0.05) is 13.8 Å². The van der Waals surface area contributed by atoms with Crippen molar-refractivity contribution in [3.05, 3.63) is 12.0 Å². The third-order valence-electron chi connectivity index (χ3n) is 3.83.